The highest BCUT2D eigenvalue weighted by Crippen LogP contribution is 2.64. The summed E-state index contributed by atoms with van der Waals surface area (Å²) in [5, 5.41) is 0. The summed E-state index contributed by atoms with van der Waals surface area (Å²) in [6, 6.07) is 9.31. The predicted octanol–water partition coefficient (Wildman–Crippen LogP) is 4.22. The molecule has 1 aromatic carbocycles. The fourth-order valence-corrected chi connectivity index (χ4v) is 5.19. The summed E-state index contributed by atoms with van der Waals surface area (Å²) in [6.45, 7) is 2.71. The Morgan fingerprint density at radius 1 is 0.938 bits per heavy atom. The van der Waals surface area contributed by atoms with E-state index < -0.39 is 50.4 Å². The summed E-state index contributed by atoms with van der Waals surface area (Å²) in [5.41, 5.74) is -2.96. The fourth-order valence-electron chi connectivity index (χ4n) is 3.65. The molecular formula is C21H33F2O8P. The molecular weight excluding hydrogens is 449 g/mol. The molecule has 0 unspecified atom stereocenters. The van der Waals surface area contributed by atoms with E-state index in [1.165, 1.54) is 35.2 Å². The van der Waals surface area contributed by atoms with E-state index in [1.54, 1.807) is 0 Å². The van der Waals surface area contributed by atoms with Gasteiger partial charge in [-0.15, -0.1) is 0 Å². The molecule has 0 radical (unpaired) electrons. The maximum atomic E-state index is 15.2. The standard InChI is InChI=1S/C21H33F2O8P/c1-6-29-32(24,30-7-2)21(22,23)13-16-17(25-3)18(26-4)19(27-5)20(31-16)28-14-15-11-9-8-10-12-15/h8-12,16-20H,6-7,13-14H2,1-5H3/t16-,17-,18+,19-,20-/m1/s1. The second kappa shape index (κ2) is 12.5. The zero-order valence-electron chi connectivity index (χ0n) is 19.1. The number of benzene rings is 1. The average molecular weight is 482 g/mol. The maximum Gasteiger partial charge on any atom is 0.399 e. The first-order valence-corrected chi connectivity index (χ1v) is 12.0. The summed E-state index contributed by atoms with van der Waals surface area (Å²) in [6.07, 6.45) is -5.71. The molecule has 0 amide bonds. The Morgan fingerprint density at radius 3 is 2.00 bits per heavy atom. The van der Waals surface area contributed by atoms with Crippen molar-refractivity contribution in [3.8, 4) is 0 Å². The van der Waals surface area contributed by atoms with Gasteiger partial charge in [-0.05, 0) is 19.4 Å². The Balaban J connectivity index is 2.27. The van der Waals surface area contributed by atoms with Gasteiger partial charge in [0.2, 0.25) is 0 Å². The van der Waals surface area contributed by atoms with E-state index in [2.05, 4.69) is 0 Å². The Labute approximate surface area is 187 Å². The Hall–Kier alpha value is -0.970. The van der Waals surface area contributed by atoms with Crippen molar-refractivity contribution in [2.75, 3.05) is 34.5 Å². The molecule has 1 aliphatic heterocycles. The van der Waals surface area contributed by atoms with E-state index in [9.17, 15) is 4.57 Å². The lowest BCUT2D eigenvalue weighted by Gasteiger charge is -2.45. The lowest BCUT2D eigenvalue weighted by Crippen LogP contribution is -2.60. The molecule has 8 nitrogen and oxygen atoms in total. The molecule has 1 saturated heterocycles. The zero-order valence-corrected chi connectivity index (χ0v) is 20.0. The lowest BCUT2D eigenvalue weighted by molar-refractivity contribution is -0.316. The first-order chi connectivity index (χ1) is 15.3. The van der Waals surface area contributed by atoms with Gasteiger partial charge in [0.05, 0.1) is 32.3 Å². The molecule has 5 atom stereocenters. The molecule has 1 heterocycles. The summed E-state index contributed by atoms with van der Waals surface area (Å²) < 4.78 is 81.1. The minimum atomic E-state index is -4.74. The smallest absolute Gasteiger partial charge is 0.376 e. The number of halogens is 2. The van der Waals surface area contributed by atoms with Crippen molar-refractivity contribution in [2.24, 2.45) is 0 Å². The number of hydrogen-bond donors (Lipinski definition) is 0. The van der Waals surface area contributed by atoms with Crippen LogP contribution in [0.2, 0.25) is 0 Å². The third kappa shape index (κ3) is 6.33. The van der Waals surface area contributed by atoms with E-state index in [1.807, 2.05) is 30.3 Å². The van der Waals surface area contributed by atoms with Crippen LogP contribution in [-0.4, -0.2) is 70.9 Å². The Kier molecular flexibility index (Phi) is 10.6. The van der Waals surface area contributed by atoms with Crippen LogP contribution in [0.5, 0.6) is 0 Å². The van der Waals surface area contributed by atoms with Gasteiger partial charge in [-0.25, -0.2) is 0 Å². The van der Waals surface area contributed by atoms with Crippen LogP contribution in [0.4, 0.5) is 8.78 Å². The highest BCUT2D eigenvalue weighted by atomic mass is 31.2. The van der Waals surface area contributed by atoms with Crippen molar-refractivity contribution >= 4 is 7.60 Å². The molecule has 0 aliphatic carbocycles. The second-order valence-electron chi connectivity index (χ2n) is 7.14. The normalized spacial score (nSPS) is 26.9. The molecule has 0 saturated carbocycles. The van der Waals surface area contributed by atoms with Gasteiger partial charge in [0.1, 0.15) is 18.3 Å². The summed E-state index contributed by atoms with van der Waals surface area (Å²) in [7, 11) is -0.523. The largest absolute Gasteiger partial charge is 0.399 e. The molecule has 11 heteroatoms. The molecule has 1 aliphatic rings. The van der Waals surface area contributed by atoms with Crippen molar-refractivity contribution in [3.05, 3.63) is 35.9 Å². The lowest BCUT2D eigenvalue weighted by atomic mass is 9.96. The molecule has 0 aromatic heterocycles. The minimum Gasteiger partial charge on any atom is -0.376 e. The van der Waals surface area contributed by atoms with Crippen molar-refractivity contribution in [1.29, 1.82) is 0 Å². The summed E-state index contributed by atoms with van der Waals surface area (Å²) >= 11 is 0. The maximum absolute atomic E-state index is 15.2. The van der Waals surface area contributed by atoms with Crippen LogP contribution >= 0.6 is 7.60 Å². The van der Waals surface area contributed by atoms with Crippen LogP contribution in [0.15, 0.2) is 30.3 Å². The minimum absolute atomic E-state index is 0.166. The van der Waals surface area contributed by atoms with Crippen LogP contribution in [0.1, 0.15) is 25.8 Å². The van der Waals surface area contributed by atoms with E-state index in [0.29, 0.717) is 0 Å². The predicted molar refractivity (Wildman–Crippen MR) is 113 cm³/mol. The fraction of sp³-hybridized carbons (Fsp3) is 0.714. The van der Waals surface area contributed by atoms with Gasteiger partial charge < -0.3 is 32.7 Å². The summed E-state index contributed by atoms with van der Waals surface area (Å²) in [5.74, 6) is 0. The van der Waals surface area contributed by atoms with Gasteiger partial charge in [-0.3, -0.25) is 4.57 Å². The number of alkyl halides is 2. The molecule has 0 spiro atoms. The SMILES string of the molecule is CCOP(=O)(OCC)C(F)(F)C[C@H]1O[C@@H](OCc2ccccc2)[C@H](OC)[C@@H](OC)[C@@H]1OC. The molecule has 1 fully saturated rings. The van der Waals surface area contributed by atoms with Gasteiger partial charge in [-0.2, -0.15) is 8.78 Å². The van der Waals surface area contributed by atoms with E-state index in [0.717, 1.165) is 5.56 Å². The molecule has 0 N–H and O–H groups in total. The monoisotopic (exact) mass is 482 g/mol. The quantitative estimate of drug-likeness (QED) is 0.387. The van der Waals surface area contributed by atoms with Gasteiger partial charge in [0, 0.05) is 21.3 Å². The van der Waals surface area contributed by atoms with Crippen LogP contribution in [0.25, 0.3) is 0 Å². The zero-order chi connectivity index (χ0) is 23.8. The number of ether oxygens (including phenoxy) is 5. The average Bonchev–Trinajstić information content (AvgIpc) is 2.77. The Morgan fingerprint density at radius 2 is 1.50 bits per heavy atom. The third-order valence-electron chi connectivity index (χ3n) is 5.11. The highest BCUT2D eigenvalue weighted by molar-refractivity contribution is 7.55. The Bertz CT molecular complexity index is 713. The van der Waals surface area contributed by atoms with E-state index in [4.69, 9.17) is 32.7 Å². The molecule has 1 aromatic rings. The topological polar surface area (TPSA) is 81.7 Å². The molecule has 184 valence electrons. The van der Waals surface area contributed by atoms with Crippen LogP contribution in [0, 0.1) is 0 Å². The second-order valence-corrected chi connectivity index (χ2v) is 9.31. The van der Waals surface area contributed by atoms with E-state index in [-0.39, 0.29) is 19.8 Å². The van der Waals surface area contributed by atoms with Crippen molar-refractivity contribution in [3.63, 3.8) is 0 Å². The molecule has 2 rings (SSSR count). The van der Waals surface area contributed by atoms with Crippen molar-refractivity contribution < 1.29 is 46.1 Å². The van der Waals surface area contributed by atoms with Gasteiger partial charge in [0.15, 0.2) is 6.29 Å². The van der Waals surface area contributed by atoms with Gasteiger partial charge in [-0.1, -0.05) is 30.3 Å². The van der Waals surface area contributed by atoms with Crippen LogP contribution in [-0.2, 0) is 43.9 Å². The highest BCUT2D eigenvalue weighted by Gasteiger charge is 2.58. The molecule has 0 bridgehead atoms. The molecule has 32 heavy (non-hydrogen) atoms. The first-order valence-electron chi connectivity index (χ1n) is 10.4. The first kappa shape index (κ1) is 27.3. The van der Waals surface area contributed by atoms with Crippen molar-refractivity contribution in [1.82, 2.24) is 0 Å². The van der Waals surface area contributed by atoms with Crippen molar-refractivity contribution in [2.45, 2.75) is 63.2 Å². The number of rotatable bonds is 13. The van der Waals surface area contributed by atoms with Crippen LogP contribution < -0.4 is 0 Å². The van der Waals surface area contributed by atoms with Gasteiger partial charge >= 0.3 is 13.3 Å². The third-order valence-corrected chi connectivity index (χ3v) is 7.29. The van der Waals surface area contributed by atoms with Crippen LogP contribution in [0.3, 0.4) is 0 Å². The number of hydrogen-bond acceptors (Lipinski definition) is 8. The number of methoxy groups -OCH3 is 3. The summed E-state index contributed by atoms with van der Waals surface area (Å²) in [4.78, 5) is 0. The van der Waals surface area contributed by atoms with Gasteiger partial charge in [0.25, 0.3) is 0 Å². The van der Waals surface area contributed by atoms with E-state index >= 15 is 8.78 Å².